The lowest BCUT2D eigenvalue weighted by molar-refractivity contribution is -0.129. The third-order valence-electron chi connectivity index (χ3n) is 4.33. The summed E-state index contributed by atoms with van der Waals surface area (Å²) in [5.41, 5.74) is 3.97. The van der Waals surface area contributed by atoms with Gasteiger partial charge in [-0.25, -0.2) is 9.79 Å². The molecule has 0 aromatic heterocycles. The molecule has 0 amide bonds. The molecule has 0 saturated carbocycles. The van der Waals surface area contributed by atoms with Crippen molar-refractivity contribution in [3.05, 3.63) is 107 Å². The number of aryl methyl sites for hydroxylation is 1. The molecular formula is C24H19NO3. The molecule has 0 aliphatic carbocycles. The number of hydrogen-bond acceptors (Lipinski definition) is 4. The monoisotopic (exact) mass is 369 g/mol. The van der Waals surface area contributed by atoms with Crippen LogP contribution in [0, 0.1) is 6.92 Å². The molecule has 0 saturated heterocycles. The van der Waals surface area contributed by atoms with Gasteiger partial charge in [-0.05, 0) is 36.8 Å². The van der Waals surface area contributed by atoms with Crippen LogP contribution in [0.5, 0.6) is 5.75 Å². The van der Waals surface area contributed by atoms with Crippen LogP contribution >= 0.6 is 0 Å². The summed E-state index contributed by atoms with van der Waals surface area (Å²) in [4.78, 5) is 16.7. The van der Waals surface area contributed by atoms with Gasteiger partial charge in [-0.2, -0.15) is 0 Å². The molecule has 0 atom stereocenters. The van der Waals surface area contributed by atoms with E-state index >= 15 is 0 Å². The lowest BCUT2D eigenvalue weighted by atomic mass is 10.1. The van der Waals surface area contributed by atoms with Gasteiger partial charge in [-0.3, -0.25) is 0 Å². The molecule has 4 nitrogen and oxygen atoms in total. The average molecular weight is 369 g/mol. The van der Waals surface area contributed by atoms with Gasteiger partial charge in [0.15, 0.2) is 5.70 Å². The second kappa shape index (κ2) is 7.92. The van der Waals surface area contributed by atoms with Crippen molar-refractivity contribution in [3.63, 3.8) is 0 Å². The van der Waals surface area contributed by atoms with Crippen LogP contribution in [0.15, 0.2) is 89.6 Å². The van der Waals surface area contributed by atoms with Crippen molar-refractivity contribution in [2.45, 2.75) is 13.5 Å². The predicted octanol–water partition coefficient (Wildman–Crippen LogP) is 4.92. The third-order valence-corrected chi connectivity index (χ3v) is 4.33. The van der Waals surface area contributed by atoms with Crippen molar-refractivity contribution in [1.29, 1.82) is 0 Å². The van der Waals surface area contributed by atoms with Crippen LogP contribution in [0.1, 0.15) is 22.3 Å². The van der Waals surface area contributed by atoms with Crippen molar-refractivity contribution in [2.24, 2.45) is 4.99 Å². The van der Waals surface area contributed by atoms with Crippen LogP contribution in [0.2, 0.25) is 0 Å². The highest BCUT2D eigenvalue weighted by molar-refractivity contribution is 6.13. The lowest BCUT2D eigenvalue weighted by Gasteiger charge is -2.09. The minimum Gasteiger partial charge on any atom is -0.488 e. The van der Waals surface area contributed by atoms with E-state index in [-0.39, 0.29) is 5.70 Å². The topological polar surface area (TPSA) is 47.9 Å². The van der Waals surface area contributed by atoms with Crippen molar-refractivity contribution < 1.29 is 14.3 Å². The zero-order valence-electron chi connectivity index (χ0n) is 15.5. The molecule has 1 aliphatic rings. The van der Waals surface area contributed by atoms with E-state index in [1.54, 1.807) is 6.08 Å². The maximum atomic E-state index is 12.3. The summed E-state index contributed by atoms with van der Waals surface area (Å²) in [6.45, 7) is 2.43. The quantitative estimate of drug-likeness (QED) is 0.474. The van der Waals surface area contributed by atoms with Crippen molar-refractivity contribution in [2.75, 3.05) is 0 Å². The Kier molecular flexibility index (Phi) is 5.02. The number of hydrogen-bond donors (Lipinski definition) is 0. The van der Waals surface area contributed by atoms with Crippen LogP contribution in [0.3, 0.4) is 0 Å². The van der Waals surface area contributed by atoms with Gasteiger partial charge in [0.1, 0.15) is 12.4 Å². The van der Waals surface area contributed by atoms with E-state index in [4.69, 9.17) is 9.47 Å². The highest BCUT2D eigenvalue weighted by atomic mass is 16.6. The van der Waals surface area contributed by atoms with Crippen LogP contribution in [-0.2, 0) is 16.1 Å². The minimum atomic E-state index is -0.464. The molecule has 1 aliphatic heterocycles. The summed E-state index contributed by atoms with van der Waals surface area (Å²) in [5.74, 6) is 0.544. The maximum absolute atomic E-state index is 12.3. The first-order valence-corrected chi connectivity index (χ1v) is 9.04. The molecule has 1 heterocycles. The Balaban J connectivity index is 1.59. The van der Waals surface area contributed by atoms with Gasteiger partial charge in [0.25, 0.3) is 0 Å². The zero-order valence-corrected chi connectivity index (χ0v) is 15.5. The van der Waals surface area contributed by atoms with Gasteiger partial charge in [-0.15, -0.1) is 0 Å². The number of nitrogens with zero attached hydrogens (tertiary/aromatic N) is 1. The molecule has 3 aromatic carbocycles. The first-order chi connectivity index (χ1) is 13.7. The third kappa shape index (κ3) is 4.01. The number of rotatable bonds is 5. The molecule has 0 bridgehead atoms. The first kappa shape index (κ1) is 17.7. The van der Waals surface area contributed by atoms with Crippen molar-refractivity contribution >= 4 is 17.9 Å². The minimum absolute atomic E-state index is 0.257. The highest BCUT2D eigenvalue weighted by Gasteiger charge is 2.24. The van der Waals surface area contributed by atoms with Gasteiger partial charge < -0.3 is 9.47 Å². The van der Waals surface area contributed by atoms with E-state index in [0.29, 0.717) is 18.3 Å². The second-order valence-electron chi connectivity index (χ2n) is 6.52. The van der Waals surface area contributed by atoms with E-state index in [0.717, 1.165) is 22.3 Å². The fraction of sp³-hybridized carbons (Fsp3) is 0.0833. The predicted molar refractivity (Wildman–Crippen MR) is 109 cm³/mol. The van der Waals surface area contributed by atoms with Gasteiger partial charge in [0.2, 0.25) is 5.90 Å². The van der Waals surface area contributed by atoms with Crippen LogP contribution in [-0.4, -0.2) is 11.9 Å². The smallest absolute Gasteiger partial charge is 0.363 e. The van der Waals surface area contributed by atoms with Crippen molar-refractivity contribution in [1.82, 2.24) is 0 Å². The molecule has 0 unspecified atom stereocenters. The summed E-state index contributed by atoms with van der Waals surface area (Å²) in [6.07, 6.45) is 1.70. The molecular weight excluding hydrogens is 350 g/mol. The Morgan fingerprint density at radius 2 is 1.75 bits per heavy atom. The summed E-state index contributed by atoms with van der Waals surface area (Å²) in [5, 5.41) is 0. The Hall–Kier alpha value is -3.66. The van der Waals surface area contributed by atoms with Crippen molar-refractivity contribution in [3.8, 4) is 5.75 Å². The lowest BCUT2D eigenvalue weighted by Crippen LogP contribution is -2.05. The number of benzene rings is 3. The molecule has 0 fully saturated rings. The van der Waals surface area contributed by atoms with Crippen LogP contribution < -0.4 is 4.74 Å². The van der Waals surface area contributed by atoms with Gasteiger partial charge in [0, 0.05) is 11.1 Å². The van der Waals surface area contributed by atoms with Gasteiger partial charge in [0.05, 0.1) is 0 Å². The summed E-state index contributed by atoms with van der Waals surface area (Å²) in [6, 6.07) is 25.2. The molecule has 4 heteroatoms. The van der Waals surface area contributed by atoms with Crippen LogP contribution in [0.25, 0.3) is 6.08 Å². The van der Waals surface area contributed by atoms with Gasteiger partial charge in [-0.1, -0.05) is 66.2 Å². The van der Waals surface area contributed by atoms with E-state index in [2.05, 4.69) is 4.99 Å². The normalized spacial score (nSPS) is 14.7. The molecule has 0 radical (unpaired) electrons. The Labute approximate surface area is 163 Å². The maximum Gasteiger partial charge on any atom is 0.363 e. The van der Waals surface area contributed by atoms with E-state index in [1.165, 1.54) is 0 Å². The SMILES string of the molecule is Cc1cccc(C2=NC(=Cc3ccccc3OCc3ccccc3)C(=O)O2)c1. The average Bonchev–Trinajstić information content (AvgIpc) is 3.09. The Bertz CT molecular complexity index is 1070. The summed E-state index contributed by atoms with van der Waals surface area (Å²) >= 11 is 0. The largest absolute Gasteiger partial charge is 0.488 e. The van der Waals surface area contributed by atoms with E-state index in [9.17, 15) is 4.79 Å². The molecule has 3 aromatic rings. The number of cyclic esters (lactones) is 1. The number of para-hydroxylation sites is 1. The Morgan fingerprint density at radius 3 is 2.57 bits per heavy atom. The van der Waals surface area contributed by atoms with Crippen LogP contribution in [0.4, 0.5) is 0 Å². The number of esters is 1. The first-order valence-electron chi connectivity index (χ1n) is 9.04. The number of ether oxygens (including phenoxy) is 2. The van der Waals surface area contributed by atoms with E-state index < -0.39 is 5.97 Å². The molecule has 0 N–H and O–H groups in total. The zero-order chi connectivity index (χ0) is 19.3. The molecule has 28 heavy (non-hydrogen) atoms. The Morgan fingerprint density at radius 1 is 0.964 bits per heavy atom. The summed E-state index contributed by atoms with van der Waals surface area (Å²) in [7, 11) is 0. The molecule has 138 valence electrons. The number of aliphatic imine (C=N–C) groups is 1. The number of carbonyl (C=O) groups excluding carboxylic acids is 1. The fourth-order valence-electron chi connectivity index (χ4n) is 2.92. The summed E-state index contributed by atoms with van der Waals surface area (Å²) < 4.78 is 11.3. The fourth-order valence-corrected chi connectivity index (χ4v) is 2.92. The molecule has 0 spiro atoms. The molecule has 4 rings (SSSR count). The highest BCUT2D eigenvalue weighted by Crippen LogP contribution is 2.25. The standard InChI is InChI=1S/C24H19NO3/c1-17-8-7-12-20(14-17)23-25-21(24(26)28-23)15-19-11-5-6-13-22(19)27-16-18-9-3-2-4-10-18/h2-15H,16H2,1H3. The van der Waals surface area contributed by atoms with Gasteiger partial charge >= 0.3 is 5.97 Å². The van der Waals surface area contributed by atoms with E-state index in [1.807, 2.05) is 85.8 Å². The second-order valence-corrected chi connectivity index (χ2v) is 6.52. The number of carbonyl (C=O) groups is 1.